The van der Waals surface area contributed by atoms with Gasteiger partial charge >= 0.3 is 0 Å². The van der Waals surface area contributed by atoms with Gasteiger partial charge in [0.25, 0.3) is 5.91 Å². The van der Waals surface area contributed by atoms with E-state index in [0.29, 0.717) is 29.4 Å². The predicted octanol–water partition coefficient (Wildman–Crippen LogP) is 1.22. The van der Waals surface area contributed by atoms with Crippen molar-refractivity contribution in [1.82, 2.24) is 14.8 Å². The molecule has 1 aliphatic rings. The first kappa shape index (κ1) is 15.3. The van der Waals surface area contributed by atoms with Crippen molar-refractivity contribution < 1.29 is 9.59 Å². The maximum atomic E-state index is 13.0. The van der Waals surface area contributed by atoms with E-state index >= 15 is 0 Å². The molecule has 2 aromatic rings. The number of fused-ring (bicyclic) bond motifs is 1. The number of para-hydroxylation sites is 1. The molecule has 1 saturated heterocycles. The van der Waals surface area contributed by atoms with Crippen LogP contribution in [0.3, 0.4) is 0 Å². The molecule has 6 nitrogen and oxygen atoms in total. The molecule has 1 N–H and O–H groups in total. The van der Waals surface area contributed by atoms with Gasteiger partial charge in [0, 0.05) is 37.6 Å². The highest BCUT2D eigenvalue weighted by Gasteiger charge is 2.35. The fourth-order valence-corrected chi connectivity index (χ4v) is 3.10. The van der Waals surface area contributed by atoms with Gasteiger partial charge in [0.2, 0.25) is 11.5 Å². The standard InChI is InChI=1S/C17H19N3O3/c1-19(2)17(23)14-8-5-9-20(14)16(22)12-10-15(21)18-13-7-4-3-6-11(12)13/h3-4,6-7,10,14H,5,8-9H2,1-2H3,(H,18,21). The van der Waals surface area contributed by atoms with Crippen molar-refractivity contribution in [2.75, 3.05) is 20.6 Å². The van der Waals surface area contributed by atoms with Crippen molar-refractivity contribution in [2.24, 2.45) is 0 Å². The zero-order chi connectivity index (χ0) is 16.6. The van der Waals surface area contributed by atoms with Gasteiger partial charge in [-0.2, -0.15) is 0 Å². The van der Waals surface area contributed by atoms with Gasteiger partial charge in [0.05, 0.1) is 5.56 Å². The number of carbonyl (C=O) groups excluding carboxylic acids is 2. The van der Waals surface area contributed by atoms with E-state index in [1.54, 1.807) is 37.2 Å². The van der Waals surface area contributed by atoms with Crippen molar-refractivity contribution in [1.29, 1.82) is 0 Å². The van der Waals surface area contributed by atoms with Gasteiger partial charge in [0.1, 0.15) is 6.04 Å². The number of hydrogen-bond acceptors (Lipinski definition) is 3. The second-order valence-corrected chi connectivity index (χ2v) is 5.98. The van der Waals surface area contributed by atoms with Gasteiger partial charge < -0.3 is 14.8 Å². The third-order valence-electron chi connectivity index (χ3n) is 4.22. The predicted molar refractivity (Wildman–Crippen MR) is 87.3 cm³/mol. The normalized spacial score (nSPS) is 17.5. The monoisotopic (exact) mass is 313 g/mol. The minimum absolute atomic E-state index is 0.0787. The molecule has 1 unspecified atom stereocenters. The van der Waals surface area contributed by atoms with Crippen LogP contribution in [0.2, 0.25) is 0 Å². The van der Waals surface area contributed by atoms with Crippen molar-refractivity contribution in [2.45, 2.75) is 18.9 Å². The zero-order valence-electron chi connectivity index (χ0n) is 13.2. The van der Waals surface area contributed by atoms with E-state index in [4.69, 9.17) is 0 Å². The Kier molecular flexibility index (Phi) is 3.90. The Hall–Kier alpha value is -2.63. The minimum Gasteiger partial charge on any atom is -0.347 e. The number of aromatic nitrogens is 1. The molecule has 120 valence electrons. The Balaban J connectivity index is 2.03. The molecular formula is C17H19N3O3. The summed E-state index contributed by atoms with van der Waals surface area (Å²) in [5, 5.41) is 0.694. The molecule has 2 heterocycles. The highest BCUT2D eigenvalue weighted by molar-refractivity contribution is 6.07. The smallest absolute Gasteiger partial charge is 0.255 e. The summed E-state index contributed by atoms with van der Waals surface area (Å²) in [5.41, 5.74) is 0.655. The van der Waals surface area contributed by atoms with Crippen LogP contribution in [0.5, 0.6) is 0 Å². The largest absolute Gasteiger partial charge is 0.347 e. The third-order valence-corrected chi connectivity index (χ3v) is 4.22. The highest BCUT2D eigenvalue weighted by atomic mass is 16.2. The van der Waals surface area contributed by atoms with E-state index in [-0.39, 0.29) is 17.4 Å². The van der Waals surface area contributed by atoms with Crippen LogP contribution in [0, 0.1) is 0 Å². The van der Waals surface area contributed by atoms with Crippen LogP contribution in [-0.4, -0.2) is 53.3 Å². The van der Waals surface area contributed by atoms with Crippen molar-refractivity contribution in [3.05, 3.63) is 46.2 Å². The van der Waals surface area contributed by atoms with Gasteiger partial charge in [0.15, 0.2) is 0 Å². The van der Waals surface area contributed by atoms with Gasteiger partial charge in [-0.25, -0.2) is 0 Å². The number of carbonyl (C=O) groups is 2. The van der Waals surface area contributed by atoms with E-state index in [1.807, 2.05) is 6.07 Å². The van der Waals surface area contributed by atoms with Crippen molar-refractivity contribution in [3.63, 3.8) is 0 Å². The number of benzene rings is 1. The summed E-state index contributed by atoms with van der Waals surface area (Å²) in [6.45, 7) is 0.532. The molecule has 0 saturated carbocycles. The Morgan fingerprint density at radius 3 is 2.74 bits per heavy atom. The average Bonchev–Trinajstić information content (AvgIpc) is 3.01. The summed E-state index contributed by atoms with van der Waals surface area (Å²) < 4.78 is 0. The van der Waals surface area contributed by atoms with Crippen LogP contribution >= 0.6 is 0 Å². The summed E-state index contributed by atoms with van der Waals surface area (Å²) >= 11 is 0. The molecule has 3 rings (SSSR count). The second-order valence-electron chi connectivity index (χ2n) is 5.98. The first-order chi connectivity index (χ1) is 11.0. The van der Waals surface area contributed by atoms with Crippen LogP contribution in [0.15, 0.2) is 35.1 Å². The maximum Gasteiger partial charge on any atom is 0.255 e. The Bertz CT molecular complexity index is 825. The number of nitrogens with zero attached hydrogens (tertiary/aromatic N) is 2. The number of likely N-dealkylation sites (tertiary alicyclic amines) is 1. The molecule has 1 aliphatic heterocycles. The number of nitrogens with one attached hydrogen (secondary N) is 1. The van der Waals surface area contributed by atoms with E-state index in [0.717, 1.165) is 6.42 Å². The van der Waals surface area contributed by atoms with E-state index in [9.17, 15) is 14.4 Å². The van der Waals surface area contributed by atoms with Gasteiger partial charge in [-0.1, -0.05) is 18.2 Å². The number of hydrogen-bond donors (Lipinski definition) is 1. The number of aromatic amines is 1. The molecule has 23 heavy (non-hydrogen) atoms. The SMILES string of the molecule is CN(C)C(=O)C1CCCN1C(=O)c1cc(=O)[nH]c2ccccc12. The van der Waals surface area contributed by atoms with Gasteiger partial charge in [-0.15, -0.1) is 0 Å². The van der Waals surface area contributed by atoms with Gasteiger partial charge in [-0.3, -0.25) is 14.4 Å². The number of rotatable bonds is 2. The molecule has 1 aromatic carbocycles. The maximum absolute atomic E-state index is 13.0. The zero-order valence-corrected chi connectivity index (χ0v) is 13.2. The lowest BCUT2D eigenvalue weighted by Crippen LogP contribution is -2.45. The highest BCUT2D eigenvalue weighted by Crippen LogP contribution is 2.24. The summed E-state index contributed by atoms with van der Waals surface area (Å²) in [7, 11) is 3.37. The van der Waals surface area contributed by atoms with Crippen LogP contribution in [-0.2, 0) is 4.79 Å². The summed E-state index contributed by atoms with van der Waals surface area (Å²) in [6, 6.07) is 8.07. The fraction of sp³-hybridized carbons (Fsp3) is 0.353. The van der Waals surface area contributed by atoms with E-state index in [2.05, 4.69) is 4.98 Å². The molecule has 1 fully saturated rings. The average molecular weight is 313 g/mol. The minimum atomic E-state index is -0.449. The van der Waals surface area contributed by atoms with E-state index < -0.39 is 6.04 Å². The molecule has 6 heteroatoms. The van der Waals surface area contributed by atoms with Crippen LogP contribution in [0.4, 0.5) is 0 Å². The quantitative estimate of drug-likeness (QED) is 0.906. The van der Waals surface area contributed by atoms with Crippen LogP contribution < -0.4 is 5.56 Å². The molecule has 1 aromatic heterocycles. The van der Waals surface area contributed by atoms with Gasteiger partial charge in [-0.05, 0) is 18.9 Å². The third kappa shape index (κ3) is 2.72. The first-order valence-corrected chi connectivity index (χ1v) is 7.63. The molecule has 0 spiro atoms. The molecule has 0 aliphatic carbocycles. The van der Waals surface area contributed by atoms with Crippen LogP contribution in [0.1, 0.15) is 23.2 Å². The molecule has 0 radical (unpaired) electrons. The molecular weight excluding hydrogens is 294 g/mol. The number of pyridine rings is 1. The van der Waals surface area contributed by atoms with Crippen molar-refractivity contribution in [3.8, 4) is 0 Å². The summed E-state index contributed by atoms with van der Waals surface area (Å²) in [6.07, 6.45) is 1.45. The number of likely N-dealkylation sites (N-methyl/N-ethyl adjacent to an activating group) is 1. The Morgan fingerprint density at radius 1 is 1.26 bits per heavy atom. The first-order valence-electron chi connectivity index (χ1n) is 7.63. The summed E-state index contributed by atoms with van der Waals surface area (Å²) in [4.78, 5) is 42.9. The van der Waals surface area contributed by atoms with Crippen LogP contribution in [0.25, 0.3) is 10.9 Å². The summed E-state index contributed by atoms with van der Waals surface area (Å²) in [5.74, 6) is -0.338. The topological polar surface area (TPSA) is 73.5 Å². The lowest BCUT2D eigenvalue weighted by atomic mass is 10.1. The lowest BCUT2D eigenvalue weighted by molar-refractivity contribution is -0.132. The number of amides is 2. The molecule has 1 atom stereocenters. The second kappa shape index (κ2) is 5.87. The Morgan fingerprint density at radius 2 is 2.00 bits per heavy atom. The molecule has 0 bridgehead atoms. The molecule has 2 amide bonds. The van der Waals surface area contributed by atoms with E-state index in [1.165, 1.54) is 11.0 Å². The number of H-pyrrole nitrogens is 1. The fourth-order valence-electron chi connectivity index (χ4n) is 3.10. The Labute approximate surface area is 133 Å². The van der Waals surface area contributed by atoms with Crippen molar-refractivity contribution >= 4 is 22.7 Å². The lowest BCUT2D eigenvalue weighted by Gasteiger charge is -2.26.